The number of nitroso groups, excluding NO2 is 1. The summed E-state index contributed by atoms with van der Waals surface area (Å²) in [6.45, 7) is 4.82. The van der Waals surface area contributed by atoms with Gasteiger partial charge in [-0.05, 0) is 48.2 Å². The fourth-order valence-electron chi connectivity index (χ4n) is 3.80. The molecule has 0 aliphatic heterocycles. The molecule has 2 aromatic rings. The molecule has 32 heavy (non-hydrogen) atoms. The van der Waals surface area contributed by atoms with Crippen molar-refractivity contribution < 1.29 is 13.2 Å². The Kier molecular flexibility index (Phi) is 7.97. The highest BCUT2D eigenvalue weighted by Crippen LogP contribution is 2.34. The maximum absolute atomic E-state index is 12.6. The van der Waals surface area contributed by atoms with Gasteiger partial charge in [0.2, 0.25) is 21.7 Å². The molecule has 0 unspecified atom stereocenters. The van der Waals surface area contributed by atoms with Crippen molar-refractivity contribution in [2.75, 3.05) is 30.7 Å². The van der Waals surface area contributed by atoms with Crippen LogP contribution >= 0.6 is 0 Å². The van der Waals surface area contributed by atoms with Crippen molar-refractivity contribution in [3.8, 4) is 5.88 Å². The zero-order chi connectivity index (χ0) is 23.1. The zero-order valence-electron chi connectivity index (χ0n) is 18.5. The van der Waals surface area contributed by atoms with Crippen molar-refractivity contribution in [3.63, 3.8) is 0 Å². The van der Waals surface area contributed by atoms with Gasteiger partial charge in [-0.25, -0.2) is 8.42 Å². The third kappa shape index (κ3) is 5.52. The second kappa shape index (κ2) is 10.7. The summed E-state index contributed by atoms with van der Waals surface area (Å²) in [4.78, 5) is 19.8. The highest BCUT2D eigenvalue weighted by atomic mass is 32.2. The van der Waals surface area contributed by atoms with Crippen molar-refractivity contribution in [2.24, 2.45) is 11.1 Å². The second-order valence-corrected chi connectivity index (χ2v) is 9.67. The van der Waals surface area contributed by atoms with E-state index in [-0.39, 0.29) is 28.2 Å². The molecule has 174 valence electrons. The van der Waals surface area contributed by atoms with Gasteiger partial charge in [0, 0.05) is 18.8 Å². The number of anilines is 3. The number of nitrogens with two attached hydrogens (primary N) is 1. The van der Waals surface area contributed by atoms with Crippen molar-refractivity contribution in [3.05, 3.63) is 29.2 Å². The summed E-state index contributed by atoms with van der Waals surface area (Å²) in [7, 11) is -3.54. The Balaban J connectivity index is 1.76. The van der Waals surface area contributed by atoms with Crippen molar-refractivity contribution in [1.82, 2.24) is 14.3 Å². The number of rotatable bonds is 10. The predicted molar refractivity (Wildman–Crippen MR) is 124 cm³/mol. The fraction of sp³-hybridized carbons (Fsp3) is 0.524. The second-order valence-electron chi connectivity index (χ2n) is 7.73. The molecule has 0 atom stereocenters. The Bertz CT molecular complexity index is 1020. The van der Waals surface area contributed by atoms with Gasteiger partial charge in [0.1, 0.15) is 0 Å². The van der Waals surface area contributed by atoms with E-state index in [1.807, 2.05) is 0 Å². The van der Waals surface area contributed by atoms with Crippen LogP contribution in [0.4, 0.5) is 23.1 Å². The van der Waals surface area contributed by atoms with Crippen LogP contribution < -0.4 is 15.8 Å². The van der Waals surface area contributed by atoms with Crippen LogP contribution in [0.5, 0.6) is 5.88 Å². The monoisotopic (exact) mass is 462 g/mol. The van der Waals surface area contributed by atoms with Gasteiger partial charge >= 0.3 is 0 Å². The first-order valence-corrected chi connectivity index (χ1v) is 12.3. The van der Waals surface area contributed by atoms with Crippen LogP contribution in [-0.4, -0.2) is 42.4 Å². The zero-order valence-corrected chi connectivity index (χ0v) is 19.3. The van der Waals surface area contributed by atoms with Crippen LogP contribution in [-0.2, 0) is 10.0 Å². The number of benzene rings is 1. The summed E-state index contributed by atoms with van der Waals surface area (Å²) in [6, 6.07) is 6.26. The molecule has 3 rings (SSSR count). The maximum atomic E-state index is 12.6. The highest BCUT2D eigenvalue weighted by molar-refractivity contribution is 7.89. The number of hydrogen-bond donors (Lipinski definition) is 2. The number of hydrogen-bond acceptors (Lipinski definition) is 9. The van der Waals surface area contributed by atoms with Crippen molar-refractivity contribution >= 4 is 33.2 Å². The highest BCUT2D eigenvalue weighted by Gasteiger charge is 2.22. The topological polar surface area (TPSA) is 140 Å². The first-order valence-electron chi connectivity index (χ1n) is 10.9. The smallest absolute Gasteiger partial charge is 0.250 e. The van der Waals surface area contributed by atoms with E-state index in [4.69, 9.17) is 10.5 Å². The number of nitrogens with one attached hydrogen (secondary N) is 1. The van der Waals surface area contributed by atoms with E-state index in [1.54, 1.807) is 26.0 Å². The van der Waals surface area contributed by atoms with E-state index in [1.165, 1.54) is 35.7 Å². The van der Waals surface area contributed by atoms with Crippen LogP contribution in [0.3, 0.4) is 0 Å². The minimum atomic E-state index is -3.54. The molecule has 1 saturated carbocycles. The average molecular weight is 463 g/mol. The molecule has 0 bridgehead atoms. The third-order valence-corrected chi connectivity index (χ3v) is 7.67. The molecular weight excluding hydrogens is 432 g/mol. The number of nitrogen functional groups attached to an aromatic ring is 1. The third-order valence-electron chi connectivity index (χ3n) is 5.60. The molecule has 11 heteroatoms. The van der Waals surface area contributed by atoms with E-state index in [2.05, 4.69) is 20.5 Å². The van der Waals surface area contributed by atoms with E-state index in [9.17, 15) is 13.3 Å². The lowest BCUT2D eigenvalue weighted by Crippen LogP contribution is -2.30. The molecule has 1 aromatic heterocycles. The summed E-state index contributed by atoms with van der Waals surface area (Å²) in [6.07, 6.45) is 5.74. The number of nitrogens with zero attached hydrogens (tertiary/aromatic N) is 4. The Morgan fingerprint density at radius 1 is 1.12 bits per heavy atom. The summed E-state index contributed by atoms with van der Waals surface area (Å²) in [5.41, 5.74) is 6.33. The van der Waals surface area contributed by atoms with E-state index >= 15 is 0 Å². The average Bonchev–Trinajstić information content (AvgIpc) is 2.79. The van der Waals surface area contributed by atoms with Crippen LogP contribution in [0.1, 0.15) is 46.0 Å². The number of aromatic nitrogens is 2. The lowest BCUT2D eigenvalue weighted by atomic mass is 9.90. The molecule has 10 nitrogen and oxygen atoms in total. The number of sulfonamides is 1. The Morgan fingerprint density at radius 3 is 2.38 bits per heavy atom. The lowest BCUT2D eigenvalue weighted by molar-refractivity contribution is 0.203. The Morgan fingerprint density at radius 2 is 1.78 bits per heavy atom. The standard InChI is InChI=1S/C21H30N6O4S/c1-3-27(4-2)32(29,30)17-12-10-16(11-13-17)23-21-24-19(22)18(26-28)20(25-21)31-14-15-8-6-5-7-9-15/h10-13,15H,3-9,14H2,1-2H3,(H3,22,23,24,25). The van der Waals surface area contributed by atoms with Gasteiger partial charge in [0.25, 0.3) is 5.88 Å². The molecule has 0 spiro atoms. The van der Waals surface area contributed by atoms with Crippen LogP contribution in [0, 0.1) is 10.8 Å². The van der Waals surface area contributed by atoms with Crippen LogP contribution in [0.25, 0.3) is 0 Å². The maximum Gasteiger partial charge on any atom is 0.250 e. The largest absolute Gasteiger partial charge is 0.476 e. The lowest BCUT2D eigenvalue weighted by Gasteiger charge is -2.21. The normalized spacial score (nSPS) is 15.0. The van der Waals surface area contributed by atoms with Gasteiger partial charge in [-0.15, -0.1) is 4.91 Å². The quantitative estimate of drug-likeness (QED) is 0.501. The molecule has 1 aliphatic carbocycles. The van der Waals surface area contributed by atoms with Gasteiger partial charge in [-0.3, -0.25) is 0 Å². The minimum absolute atomic E-state index is 0.0429. The summed E-state index contributed by atoms with van der Waals surface area (Å²) < 4.78 is 32.4. The van der Waals surface area contributed by atoms with Gasteiger partial charge in [0.05, 0.1) is 11.5 Å². The molecule has 0 radical (unpaired) electrons. The summed E-state index contributed by atoms with van der Waals surface area (Å²) >= 11 is 0. The van der Waals surface area contributed by atoms with Gasteiger partial charge in [-0.2, -0.15) is 14.3 Å². The molecule has 3 N–H and O–H groups in total. The van der Waals surface area contributed by atoms with Gasteiger partial charge in [0.15, 0.2) is 5.82 Å². The van der Waals surface area contributed by atoms with Crippen LogP contribution in [0.2, 0.25) is 0 Å². The van der Waals surface area contributed by atoms with E-state index in [0.29, 0.717) is 31.3 Å². The Hall–Kier alpha value is -2.79. The molecule has 1 heterocycles. The fourth-order valence-corrected chi connectivity index (χ4v) is 5.25. The minimum Gasteiger partial charge on any atom is -0.476 e. The van der Waals surface area contributed by atoms with E-state index < -0.39 is 10.0 Å². The summed E-state index contributed by atoms with van der Waals surface area (Å²) in [5, 5.41) is 5.90. The van der Waals surface area contributed by atoms with E-state index in [0.717, 1.165) is 12.8 Å². The molecular formula is C21H30N6O4S. The first kappa shape index (κ1) is 23.9. The molecule has 1 aromatic carbocycles. The van der Waals surface area contributed by atoms with Gasteiger partial charge < -0.3 is 15.8 Å². The van der Waals surface area contributed by atoms with Gasteiger partial charge in [-0.1, -0.05) is 33.1 Å². The van der Waals surface area contributed by atoms with Crippen molar-refractivity contribution in [2.45, 2.75) is 50.8 Å². The molecule has 1 aliphatic rings. The number of ether oxygens (including phenoxy) is 1. The van der Waals surface area contributed by atoms with Crippen LogP contribution in [0.15, 0.2) is 34.3 Å². The first-order chi connectivity index (χ1) is 15.4. The molecule has 0 amide bonds. The summed E-state index contributed by atoms with van der Waals surface area (Å²) in [5.74, 6) is 0.502. The Labute approximate surface area is 188 Å². The molecule has 0 saturated heterocycles. The van der Waals surface area contributed by atoms with Crippen molar-refractivity contribution in [1.29, 1.82) is 0 Å². The predicted octanol–water partition coefficient (Wildman–Crippen LogP) is 4.19. The SMILES string of the molecule is CCN(CC)S(=O)(=O)c1ccc(Nc2nc(N)c(N=O)c(OCC3CCCCC3)n2)cc1. The molecule has 1 fully saturated rings.